The molecule has 0 aliphatic carbocycles. The van der Waals surface area contributed by atoms with E-state index >= 15 is 0 Å². The van der Waals surface area contributed by atoms with Crippen LogP contribution in [0.3, 0.4) is 0 Å². The van der Waals surface area contributed by atoms with Crippen molar-refractivity contribution in [2.75, 3.05) is 5.32 Å². The maximum absolute atomic E-state index is 11.7. The summed E-state index contributed by atoms with van der Waals surface area (Å²) in [5.41, 5.74) is -0.377. The Kier molecular flexibility index (Phi) is 4.81. The van der Waals surface area contributed by atoms with Gasteiger partial charge < -0.3 is 4.74 Å². The third kappa shape index (κ3) is 4.60. The summed E-state index contributed by atoms with van der Waals surface area (Å²) >= 11 is 7.08. The summed E-state index contributed by atoms with van der Waals surface area (Å²) in [4.78, 5) is 22.0. The second-order valence-corrected chi connectivity index (χ2v) is 6.85. The maximum atomic E-state index is 11.7. The van der Waals surface area contributed by atoms with E-state index in [-0.39, 0.29) is 10.8 Å². The summed E-state index contributed by atoms with van der Waals surface area (Å²) < 4.78 is 5.10. The van der Waals surface area contributed by atoms with Crippen molar-refractivity contribution in [3.8, 4) is 10.6 Å². The lowest BCUT2D eigenvalue weighted by Crippen LogP contribution is -2.27. The summed E-state index contributed by atoms with van der Waals surface area (Å²) in [5.74, 6) is 0. The molecule has 0 saturated carbocycles. The Balaban J connectivity index is 2.21. The minimum atomic E-state index is -0.662. The number of benzene rings is 1. The van der Waals surface area contributed by atoms with Gasteiger partial charge >= 0.3 is 6.09 Å². The summed E-state index contributed by atoms with van der Waals surface area (Å²) in [6.07, 6.45) is -0.662. The van der Waals surface area contributed by atoms with E-state index < -0.39 is 16.6 Å². The van der Waals surface area contributed by atoms with Gasteiger partial charge in [-0.25, -0.2) is 4.79 Å². The quantitative estimate of drug-likeness (QED) is 0.654. The van der Waals surface area contributed by atoms with Crippen molar-refractivity contribution in [1.29, 1.82) is 0 Å². The highest BCUT2D eigenvalue weighted by Gasteiger charge is 2.19. The first kappa shape index (κ1) is 17.1. The molecule has 0 spiro atoms. The predicted octanol–water partition coefficient (Wildman–Crippen LogP) is 4.11. The first-order chi connectivity index (χ1) is 10.7. The van der Waals surface area contributed by atoms with Crippen molar-refractivity contribution in [2.24, 2.45) is 0 Å². The van der Waals surface area contributed by atoms with E-state index in [2.05, 4.69) is 15.5 Å². The highest BCUT2D eigenvalue weighted by molar-refractivity contribution is 7.18. The van der Waals surface area contributed by atoms with Gasteiger partial charge in [0.15, 0.2) is 5.01 Å². The fourth-order valence-electron chi connectivity index (χ4n) is 1.56. The molecule has 0 aliphatic rings. The number of non-ortho nitro benzene ring substituents is 1. The van der Waals surface area contributed by atoms with Crippen LogP contribution in [-0.4, -0.2) is 26.8 Å². The van der Waals surface area contributed by atoms with Crippen LogP contribution < -0.4 is 5.32 Å². The van der Waals surface area contributed by atoms with Gasteiger partial charge in [-0.2, -0.15) is 0 Å². The second-order valence-electron chi connectivity index (χ2n) is 5.46. The third-order valence-corrected chi connectivity index (χ3v) is 3.63. The zero-order valence-corrected chi connectivity index (χ0v) is 14.1. The summed E-state index contributed by atoms with van der Waals surface area (Å²) in [6, 6.07) is 4.02. The number of nitro groups is 1. The molecule has 0 aliphatic heterocycles. The SMILES string of the molecule is CC(C)(C)OC(=O)Nc1nnc(-c2cc([N+](=O)[O-])ccc2Cl)s1. The largest absolute Gasteiger partial charge is 0.444 e. The number of ether oxygens (including phenoxy) is 1. The lowest BCUT2D eigenvalue weighted by atomic mass is 10.2. The van der Waals surface area contributed by atoms with Crippen LogP contribution in [0.1, 0.15) is 20.8 Å². The van der Waals surface area contributed by atoms with Crippen LogP contribution >= 0.6 is 22.9 Å². The van der Waals surface area contributed by atoms with Gasteiger partial charge in [0.05, 0.1) is 9.95 Å². The van der Waals surface area contributed by atoms with Gasteiger partial charge in [-0.3, -0.25) is 15.4 Å². The Morgan fingerprint density at radius 2 is 2.09 bits per heavy atom. The Labute approximate surface area is 140 Å². The van der Waals surface area contributed by atoms with E-state index in [1.165, 1.54) is 18.2 Å². The number of carbonyl (C=O) groups excluding carboxylic acids is 1. The maximum Gasteiger partial charge on any atom is 0.414 e. The number of amides is 1. The summed E-state index contributed by atoms with van der Waals surface area (Å²) in [7, 11) is 0. The molecule has 2 rings (SSSR count). The topological polar surface area (TPSA) is 107 Å². The van der Waals surface area contributed by atoms with Crippen molar-refractivity contribution in [2.45, 2.75) is 26.4 Å². The van der Waals surface area contributed by atoms with Gasteiger partial charge in [0.25, 0.3) is 5.69 Å². The van der Waals surface area contributed by atoms with Crippen LogP contribution in [0.25, 0.3) is 10.6 Å². The average Bonchev–Trinajstić information content (AvgIpc) is 2.84. The number of carbonyl (C=O) groups is 1. The van der Waals surface area contributed by atoms with Crippen molar-refractivity contribution in [3.63, 3.8) is 0 Å². The van der Waals surface area contributed by atoms with Crippen LogP contribution in [0, 0.1) is 10.1 Å². The minimum Gasteiger partial charge on any atom is -0.444 e. The molecule has 1 amide bonds. The van der Waals surface area contributed by atoms with E-state index in [4.69, 9.17) is 16.3 Å². The molecule has 0 fully saturated rings. The van der Waals surface area contributed by atoms with Crippen LogP contribution in [0.15, 0.2) is 18.2 Å². The van der Waals surface area contributed by atoms with Gasteiger partial charge in [-0.05, 0) is 26.8 Å². The van der Waals surface area contributed by atoms with E-state index in [0.29, 0.717) is 15.6 Å². The van der Waals surface area contributed by atoms with Crippen LogP contribution in [0.2, 0.25) is 5.02 Å². The number of halogens is 1. The van der Waals surface area contributed by atoms with E-state index in [9.17, 15) is 14.9 Å². The van der Waals surface area contributed by atoms with Gasteiger partial charge in [-0.15, -0.1) is 10.2 Å². The molecule has 1 aromatic carbocycles. The predicted molar refractivity (Wildman–Crippen MR) is 86.9 cm³/mol. The van der Waals surface area contributed by atoms with E-state index in [1.807, 2.05) is 0 Å². The Morgan fingerprint density at radius 1 is 1.39 bits per heavy atom. The Bertz CT molecular complexity index is 757. The fourth-order valence-corrected chi connectivity index (χ4v) is 2.59. The van der Waals surface area contributed by atoms with Crippen molar-refractivity contribution >= 4 is 39.8 Å². The molecule has 1 heterocycles. The Hall–Kier alpha value is -2.26. The van der Waals surface area contributed by atoms with Crippen molar-refractivity contribution in [1.82, 2.24) is 10.2 Å². The second kappa shape index (κ2) is 6.47. The molecule has 0 atom stereocenters. The zero-order valence-electron chi connectivity index (χ0n) is 12.5. The van der Waals surface area contributed by atoms with Gasteiger partial charge in [0.1, 0.15) is 5.60 Å². The number of rotatable bonds is 3. The highest BCUT2D eigenvalue weighted by Crippen LogP contribution is 2.34. The van der Waals surface area contributed by atoms with Crippen LogP contribution in [-0.2, 0) is 4.74 Å². The van der Waals surface area contributed by atoms with Crippen molar-refractivity contribution in [3.05, 3.63) is 33.3 Å². The molecule has 0 unspecified atom stereocenters. The monoisotopic (exact) mass is 356 g/mol. The number of nitro benzene ring substituents is 1. The minimum absolute atomic E-state index is 0.110. The first-order valence-electron chi connectivity index (χ1n) is 6.43. The molecular weight excluding hydrogens is 344 g/mol. The standard InChI is InChI=1S/C13H13ClN4O4S/c1-13(2,3)22-12(19)15-11-17-16-10(23-11)8-6-7(18(20)21)4-5-9(8)14/h4-6H,1-3H3,(H,15,17,19). The van der Waals surface area contributed by atoms with Crippen molar-refractivity contribution < 1.29 is 14.5 Å². The first-order valence-corrected chi connectivity index (χ1v) is 7.63. The van der Waals surface area contributed by atoms with Gasteiger partial charge in [0.2, 0.25) is 5.13 Å². The molecule has 0 saturated heterocycles. The number of hydrogen-bond donors (Lipinski definition) is 1. The number of hydrogen-bond acceptors (Lipinski definition) is 7. The molecule has 10 heteroatoms. The summed E-state index contributed by atoms with van der Waals surface area (Å²) in [6.45, 7) is 5.21. The molecule has 0 radical (unpaired) electrons. The van der Waals surface area contributed by atoms with Crippen LogP contribution in [0.4, 0.5) is 15.6 Å². The molecular formula is C13H13ClN4O4S. The molecule has 1 N–H and O–H groups in total. The third-order valence-electron chi connectivity index (χ3n) is 2.42. The molecule has 2 aromatic rings. The molecule has 8 nitrogen and oxygen atoms in total. The van der Waals surface area contributed by atoms with E-state index in [0.717, 1.165) is 11.3 Å². The number of nitrogens with one attached hydrogen (secondary N) is 1. The fraction of sp³-hybridized carbons (Fsp3) is 0.308. The highest BCUT2D eigenvalue weighted by atomic mass is 35.5. The summed E-state index contributed by atoms with van der Waals surface area (Å²) in [5, 5.41) is 21.8. The smallest absolute Gasteiger partial charge is 0.414 e. The number of nitrogens with zero attached hydrogens (tertiary/aromatic N) is 3. The number of anilines is 1. The molecule has 1 aromatic heterocycles. The number of aromatic nitrogens is 2. The molecule has 122 valence electrons. The lowest BCUT2D eigenvalue weighted by Gasteiger charge is -2.18. The van der Waals surface area contributed by atoms with Gasteiger partial charge in [-0.1, -0.05) is 22.9 Å². The normalized spacial score (nSPS) is 11.1. The average molecular weight is 357 g/mol. The zero-order chi connectivity index (χ0) is 17.2. The lowest BCUT2D eigenvalue weighted by molar-refractivity contribution is -0.384. The van der Waals surface area contributed by atoms with Gasteiger partial charge in [0, 0.05) is 17.7 Å². The van der Waals surface area contributed by atoms with Crippen LogP contribution in [0.5, 0.6) is 0 Å². The Morgan fingerprint density at radius 3 is 2.70 bits per heavy atom. The van der Waals surface area contributed by atoms with E-state index in [1.54, 1.807) is 20.8 Å². The molecule has 23 heavy (non-hydrogen) atoms. The molecule has 0 bridgehead atoms.